The fraction of sp³-hybridized carbons (Fsp3) is 0.286. The van der Waals surface area contributed by atoms with Gasteiger partial charge in [-0.3, -0.25) is 4.72 Å². The third kappa shape index (κ3) is 2.57. The van der Waals surface area contributed by atoms with Crippen molar-refractivity contribution in [2.24, 2.45) is 0 Å². The standard InChI is InChI=1S/C7H11N3O3S/c1-5-3-4-6(11)7(9-5)10-14(12,13)8-2/h3-4,8,11H,1-2H3,(H,9,10). The number of rotatable bonds is 3. The highest BCUT2D eigenvalue weighted by Gasteiger charge is 2.10. The molecular weight excluding hydrogens is 206 g/mol. The quantitative estimate of drug-likeness (QED) is 0.663. The Morgan fingerprint density at radius 1 is 1.43 bits per heavy atom. The lowest BCUT2D eigenvalue weighted by Crippen LogP contribution is -2.26. The van der Waals surface area contributed by atoms with Crippen LogP contribution in [0.1, 0.15) is 5.69 Å². The van der Waals surface area contributed by atoms with Gasteiger partial charge in [0.15, 0.2) is 11.6 Å². The van der Waals surface area contributed by atoms with Crippen molar-refractivity contribution in [2.45, 2.75) is 6.92 Å². The molecule has 0 unspecified atom stereocenters. The van der Waals surface area contributed by atoms with E-state index in [4.69, 9.17) is 0 Å². The van der Waals surface area contributed by atoms with Gasteiger partial charge in [0, 0.05) is 12.7 Å². The molecule has 78 valence electrons. The predicted molar refractivity (Wildman–Crippen MR) is 52.2 cm³/mol. The monoisotopic (exact) mass is 217 g/mol. The summed E-state index contributed by atoms with van der Waals surface area (Å²) in [6, 6.07) is 2.95. The smallest absolute Gasteiger partial charge is 0.300 e. The fourth-order valence-corrected chi connectivity index (χ4v) is 1.31. The molecule has 0 bridgehead atoms. The minimum absolute atomic E-state index is 0.0839. The Kier molecular flexibility index (Phi) is 2.92. The first-order chi connectivity index (χ1) is 6.44. The third-order valence-corrected chi connectivity index (χ3v) is 2.51. The second-order valence-electron chi connectivity index (χ2n) is 2.63. The molecule has 1 aromatic rings. The minimum atomic E-state index is -3.63. The SMILES string of the molecule is CNS(=O)(=O)Nc1nc(C)ccc1O. The number of nitrogens with zero attached hydrogens (tertiary/aromatic N) is 1. The van der Waals surface area contributed by atoms with Crippen LogP contribution in [0.25, 0.3) is 0 Å². The van der Waals surface area contributed by atoms with Crippen LogP contribution in [0.15, 0.2) is 12.1 Å². The highest BCUT2D eigenvalue weighted by atomic mass is 32.2. The molecule has 6 nitrogen and oxygen atoms in total. The largest absolute Gasteiger partial charge is 0.504 e. The Morgan fingerprint density at radius 3 is 2.64 bits per heavy atom. The zero-order valence-corrected chi connectivity index (χ0v) is 8.59. The van der Waals surface area contributed by atoms with Crippen LogP contribution >= 0.6 is 0 Å². The van der Waals surface area contributed by atoms with E-state index in [0.717, 1.165) is 0 Å². The number of hydrogen-bond acceptors (Lipinski definition) is 4. The number of aromatic hydroxyl groups is 1. The summed E-state index contributed by atoms with van der Waals surface area (Å²) < 4.78 is 26.2. The first-order valence-electron chi connectivity index (χ1n) is 3.82. The number of hydrogen-bond donors (Lipinski definition) is 3. The van der Waals surface area contributed by atoms with Gasteiger partial charge in [-0.1, -0.05) is 0 Å². The van der Waals surface area contributed by atoms with Gasteiger partial charge >= 0.3 is 0 Å². The van der Waals surface area contributed by atoms with Crippen molar-refractivity contribution in [3.05, 3.63) is 17.8 Å². The molecule has 0 saturated carbocycles. The van der Waals surface area contributed by atoms with E-state index in [1.165, 1.54) is 13.1 Å². The Balaban J connectivity index is 3.03. The van der Waals surface area contributed by atoms with Gasteiger partial charge in [0.1, 0.15) is 0 Å². The number of pyridine rings is 1. The molecular formula is C7H11N3O3S. The molecule has 3 N–H and O–H groups in total. The van der Waals surface area contributed by atoms with E-state index in [1.54, 1.807) is 13.0 Å². The van der Waals surface area contributed by atoms with E-state index in [1.807, 2.05) is 4.72 Å². The molecule has 7 heteroatoms. The Labute approximate surface area is 82.2 Å². The summed E-state index contributed by atoms with van der Waals surface area (Å²) in [5.74, 6) is -0.297. The van der Waals surface area contributed by atoms with Gasteiger partial charge in [-0.05, 0) is 19.1 Å². The second-order valence-corrected chi connectivity index (χ2v) is 4.25. The third-order valence-electron chi connectivity index (χ3n) is 1.51. The summed E-state index contributed by atoms with van der Waals surface area (Å²) in [4.78, 5) is 3.83. The maximum atomic E-state index is 11.1. The molecule has 1 heterocycles. The lowest BCUT2D eigenvalue weighted by molar-refractivity contribution is 0.475. The fourth-order valence-electron chi connectivity index (χ4n) is 0.803. The summed E-state index contributed by atoms with van der Waals surface area (Å²) in [7, 11) is -2.38. The van der Waals surface area contributed by atoms with E-state index in [0.29, 0.717) is 5.69 Å². The molecule has 1 aromatic heterocycles. The van der Waals surface area contributed by atoms with Crippen LogP contribution in [0.4, 0.5) is 5.82 Å². The van der Waals surface area contributed by atoms with E-state index >= 15 is 0 Å². The van der Waals surface area contributed by atoms with Crippen molar-refractivity contribution in [3.63, 3.8) is 0 Å². The first-order valence-corrected chi connectivity index (χ1v) is 5.31. The van der Waals surface area contributed by atoms with Gasteiger partial charge < -0.3 is 5.11 Å². The molecule has 0 aliphatic rings. The summed E-state index contributed by atoms with van der Waals surface area (Å²) in [5.41, 5.74) is 0.608. The molecule has 0 atom stereocenters. The first kappa shape index (κ1) is 10.7. The molecule has 0 aromatic carbocycles. The molecule has 0 amide bonds. The van der Waals surface area contributed by atoms with Gasteiger partial charge in [-0.15, -0.1) is 0 Å². The molecule has 0 spiro atoms. The van der Waals surface area contributed by atoms with Crippen molar-refractivity contribution in [2.75, 3.05) is 11.8 Å². The van der Waals surface area contributed by atoms with Crippen LogP contribution in [-0.4, -0.2) is 25.6 Å². The van der Waals surface area contributed by atoms with Crippen LogP contribution in [0.2, 0.25) is 0 Å². The lowest BCUT2D eigenvalue weighted by Gasteiger charge is -2.07. The molecule has 0 aliphatic heterocycles. The second kappa shape index (κ2) is 3.81. The zero-order valence-electron chi connectivity index (χ0n) is 7.77. The van der Waals surface area contributed by atoms with Crippen molar-refractivity contribution in [1.82, 2.24) is 9.71 Å². The number of anilines is 1. The topological polar surface area (TPSA) is 91.3 Å². The van der Waals surface area contributed by atoms with E-state index in [9.17, 15) is 13.5 Å². The molecule has 0 fully saturated rings. The molecule has 1 rings (SSSR count). The maximum Gasteiger partial charge on any atom is 0.300 e. The summed E-state index contributed by atoms with van der Waals surface area (Å²) >= 11 is 0. The Hall–Kier alpha value is -1.34. The maximum absolute atomic E-state index is 11.1. The van der Waals surface area contributed by atoms with Crippen LogP contribution < -0.4 is 9.44 Å². The minimum Gasteiger partial charge on any atom is -0.504 e. The van der Waals surface area contributed by atoms with Gasteiger partial charge in [0.2, 0.25) is 0 Å². The van der Waals surface area contributed by atoms with Crippen LogP contribution in [-0.2, 0) is 10.2 Å². The average molecular weight is 217 g/mol. The van der Waals surface area contributed by atoms with Crippen LogP contribution in [0.5, 0.6) is 5.75 Å². The molecule has 0 aliphatic carbocycles. The van der Waals surface area contributed by atoms with Crippen molar-refractivity contribution >= 4 is 16.0 Å². The Bertz CT molecular complexity index is 430. The number of aromatic nitrogens is 1. The number of nitrogens with one attached hydrogen (secondary N) is 2. The van der Waals surface area contributed by atoms with Gasteiger partial charge in [-0.25, -0.2) is 9.71 Å². The average Bonchev–Trinajstić information content (AvgIpc) is 2.11. The summed E-state index contributed by atoms with van der Waals surface area (Å²) in [6.45, 7) is 1.69. The Morgan fingerprint density at radius 2 is 2.07 bits per heavy atom. The van der Waals surface area contributed by atoms with E-state index < -0.39 is 10.2 Å². The van der Waals surface area contributed by atoms with Crippen molar-refractivity contribution < 1.29 is 13.5 Å². The van der Waals surface area contributed by atoms with Crippen LogP contribution in [0.3, 0.4) is 0 Å². The lowest BCUT2D eigenvalue weighted by atomic mass is 10.3. The molecule has 0 saturated heterocycles. The summed E-state index contributed by atoms with van der Waals surface area (Å²) in [5, 5.41) is 9.28. The predicted octanol–water partition coefficient (Wildman–Crippen LogP) is -0.0283. The van der Waals surface area contributed by atoms with Gasteiger partial charge in [-0.2, -0.15) is 8.42 Å². The van der Waals surface area contributed by atoms with Crippen LogP contribution in [0, 0.1) is 6.92 Å². The highest BCUT2D eigenvalue weighted by Crippen LogP contribution is 2.20. The number of aryl methyl sites for hydroxylation is 1. The molecule has 14 heavy (non-hydrogen) atoms. The van der Waals surface area contributed by atoms with Gasteiger partial charge in [0.25, 0.3) is 10.2 Å². The highest BCUT2D eigenvalue weighted by molar-refractivity contribution is 7.90. The van der Waals surface area contributed by atoms with E-state index in [-0.39, 0.29) is 11.6 Å². The summed E-state index contributed by atoms with van der Waals surface area (Å²) in [6.07, 6.45) is 0. The van der Waals surface area contributed by atoms with E-state index in [2.05, 4.69) is 9.71 Å². The zero-order chi connectivity index (χ0) is 10.8. The van der Waals surface area contributed by atoms with Crippen molar-refractivity contribution in [1.29, 1.82) is 0 Å². The normalized spacial score (nSPS) is 11.3. The molecule has 0 radical (unpaired) electrons. The van der Waals surface area contributed by atoms with Crippen molar-refractivity contribution in [3.8, 4) is 5.75 Å². The van der Waals surface area contributed by atoms with Gasteiger partial charge in [0.05, 0.1) is 0 Å².